The van der Waals surface area contributed by atoms with Gasteiger partial charge in [0, 0.05) is 52.2 Å². The molecule has 0 bridgehead atoms. The molecule has 1 aromatic carbocycles. The molecule has 39 heavy (non-hydrogen) atoms. The summed E-state index contributed by atoms with van der Waals surface area (Å²) in [7, 11) is 0. The van der Waals surface area contributed by atoms with Crippen LogP contribution in [0.15, 0.2) is 47.7 Å². The van der Waals surface area contributed by atoms with Crippen molar-refractivity contribution in [3.8, 4) is 0 Å². The zero-order chi connectivity index (χ0) is 27.6. The quantitative estimate of drug-likeness (QED) is 0.423. The highest BCUT2D eigenvalue weighted by Crippen LogP contribution is 2.41. The van der Waals surface area contributed by atoms with Crippen LogP contribution in [-0.4, -0.2) is 70.2 Å². The zero-order valence-electron chi connectivity index (χ0n) is 20.8. The van der Waals surface area contributed by atoms with Crippen molar-refractivity contribution in [1.29, 1.82) is 0 Å². The molecule has 2 aliphatic heterocycles. The van der Waals surface area contributed by atoms with E-state index in [0.29, 0.717) is 43.7 Å². The lowest BCUT2D eigenvalue weighted by molar-refractivity contribution is -0.138. The molecular weight excluding hydrogens is 537 g/mol. The Morgan fingerprint density at radius 1 is 1.10 bits per heavy atom. The van der Waals surface area contributed by atoms with Gasteiger partial charge in [-0.15, -0.1) is 0 Å². The molecule has 10 nitrogen and oxygen atoms in total. The number of nitrogens with zero attached hydrogens (tertiary/aromatic N) is 6. The number of rotatable bonds is 7. The van der Waals surface area contributed by atoms with Gasteiger partial charge >= 0.3 is 6.18 Å². The van der Waals surface area contributed by atoms with Gasteiger partial charge in [-0.1, -0.05) is 35.9 Å². The van der Waals surface area contributed by atoms with E-state index in [9.17, 15) is 22.8 Å². The van der Waals surface area contributed by atoms with Crippen LogP contribution in [0.1, 0.15) is 29.2 Å². The highest BCUT2D eigenvalue weighted by atomic mass is 35.5. The molecular formula is C25H26ClF3N8O2. The van der Waals surface area contributed by atoms with E-state index in [1.54, 1.807) is 9.80 Å². The van der Waals surface area contributed by atoms with Crippen LogP contribution in [0.4, 0.5) is 24.8 Å². The van der Waals surface area contributed by atoms with Crippen LogP contribution in [0, 0.1) is 0 Å². The van der Waals surface area contributed by atoms with Crippen molar-refractivity contribution in [3.05, 3.63) is 74.9 Å². The highest BCUT2D eigenvalue weighted by Gasteiger charge is 2.41. The molecule has 0 aliphatic carbocycles. The van der Waals surface area contributed by atoms with Crippen molar-refractivity contribution in [2.24, 2.45) is 0 Å². The first-order valence-electron chi connectivity index (χ1n) is 12.4. The fraction of sp³-hybridized carbons (Fsp3) is 0.400. The van der Waals surface area contributed by atoms with Crippen molar-refractivity contribution in [2.45, 2.75) is 25.2 Å². The van der Waals surface area contributed by atoms with Crippen molar-refractivity contribution in [3.63, 3.8) is 0 Å². The third-order valence-electron chi connectivity index (χ3n) is 6.94. The molecule has 1 amide bonds. The lowest BCUT2D eigenvalue weighted by Crippen LogP contribution is -2.49. The maximum atomic E-state index is 13.8. The molecule has 0 radical (unpaired) electrons. The molecule has 1 saturated heterocycles. The number of nitrogens with one attached hydrogen (secondary N) is 2. The zero-order valence-corrected chi connectivity index (χ0v) is 21.5. The smallest absolute Gasteiger partial charge is 0.357 e. The topological polar surface area (TPSA) is 110 Å². The number of alkyl halides is 3. The fourth-order valence-electron chi connectivity index (χ4n) is 5.04. The number of aromatic nitrogens is 4. The average Bonchev–Trinajstić information content (AvgIpc) is 3.29. The van der Waals surface area contributed by atoms with E-state index < -0.39 is 23.3 Å². The lowest BCUT2D eigenvalue weighted by atomic mass is 10.0. The van der Waals surface area contributed by atoms with Crippen molar-refractivity contribution in [1.82, 2.24) is 30.4 Å². The van der Waals surface area contributed by atoms with Crippen molar-refractivity contribution in [2.75, 3.05) is 49.1 Å². The monoisotopic (exact) mass is 562 g/mol. The van der Waals surface area contributed by atoms with E-state index in [2.05, 4.69) is 20.4 Å². The molecule has 2 N–H and O–H groups in total. The standard InChI is InChI=1S/C25H26ClF3N8O2/c26-17-11-31-24(32-12-17)36-9-7-35(8-10-36)21(38)5-6-30-13-19-18-4-2-1-3-16(18)15-37(19)20-14-33-34-23(39)22(20)25(27,28)29/h1-4,11-12,14,19,30H,5-10,13,15H2,(H,34,39). The fourth-order valence-corrected chi connectivity index (χ4v) is 5.13. The lowest BCUT2D eigenvalue weighted by Gasteiger charge is -2.34. The van der Waals surface area contributed by atoms with Crippen molar-refractivity contribution >= 4 is 29.1 Å². The van der Waals surface area contributed by atoms with Gasteiger partial charge in [-0.2, -0.15) is 18.3 Å². The number of amides is 1. The molecule has 3 aromatic rings. The van der Waals surface area contributed by atoms with Gasteiger partial charge in [-0.25, -0.2) is 15.1 Å². The second-order valence-electron chi connectivity index (χ2n) is 9.32. The van der Waals surface area contributed by atoms with Gasteiger partial charge in [0.1, 0.15) is 5.56 Å². The Labute approximate surface area is 226 Å². The van der Waals surface area contributed by atoms with E-state index in [0.717, 1.165) is 17.3 Å². The van der Waals surface area contributed by atoms with Crippen LogP contribution >= 0.6 is 11.6 Å². The maximum Gasteiger partial charge on any atom is 0.423 e. The number of piperazine rings is 1. The third kappa shape index (κ3) is 5.83. The van der Waals surface area contributed by atoms with Crippen LogP contribution in [0.25, 0.3) is 0 Å². The van der Waals surface area contributed by atoms with Gasteiger partial charge in [0.05, 0.1) is 35.3 Å². The second kappa shape index (κ2) is 11.2. The number of halogens is 4. The van der Waals surface area contributed by atoms with Crippen molar-refractivity contribution < 1.29 is 18.0 Å². The van der Waals surface area contributed by atoms with Gasteiger partial charge in [-0.3, -0.25) is 9.59 Å². The van der Waals surface area contributed by atoms with Crippen LogP contribution in [-0.2, 0) is 17.5 Å². The maximum absolute atomic E-state index is 13.8. The molecule has 0 saturated carbocycles. The van der Waals surface area contributed by atoms with E-state index in [-0.39, 0.29) is 31.1 Å². The molecule has 5 rings (SSSR count). The third-order valence-corrected chi connectivity index (χ3v) is 7.13. The Morgan fingerprint density at radius 3 is 2.54 bits per heavy atom. The number of carbonyl (C=O) groups excluding carboxylic acids is 1. The number of benzene rings is 1. The summed E-state index contributed by atoms with van der Waals surface area (Å²) in [6, 6.07) is 6.90. The number of hydrogen-bond acceptors (Lipinski definition) is 8. The van der Waals surface area contributed by atoms with E-state index in [4.69, 9.17) is 11.6 Å². The minimum absolute atomic E-state index is 0.0130. The summed E-state index contributed by atoms with van der Waals surface area (Å²) in [6.07, 6.45) is -0.483. The van der Waals surface area contributed by atoms with E-state index in [1.807, 2.05) is 34.3 Å². The summed E-state index contributed by atoms with van der Waals surface area (Å²) in [4.78, 5) is 38.6. The number of carbonyl (C=O) groups is 1. The Kier molecular flexibility index (Phi) is 7.71. The Morgan fingerprint density at radius 2 is 1.82 bits per heavy atom. The Hall–Kier alpha value is -3.71. The molecule has 1 unspecified atom stereocenters. The van der Waals surface area contributed by atoms with Crippen LogP contribution < -0.4 is 20.7 Å². The predicted molar refractivity (Wildman–Crippen MR) is 139 cm³/mol. The minimum atomic E-state index is -4.84. The number of H-pyrrole nitrogens is 1. The SMILES string of the molecule is O=C(CCNCC1c2ccccc2CN1c1cn[nH]c(=O)c1C(F)(F)F)N1CCN(c2ncc(Cl)cn2)CC1. The summed E-state index contributed by atoms with van der Waals surface area (Å²) in [6.45, 7) is 3.11. The van der Waals surface area contributed by atoms with Gasteiger partial charge in [0.25, 0.3) is 5.56 Å². The number of fused-ring (bicyclic) bond motifs is 1. The van der Waals surface area contributed by atoms with Gasteiger partial charge < -0.3 is 20.0 Å². The first-order valence-corrected chi connectivity index (χ1v) is 12.8. The molecule has 14 heteroatoms. The molecule has 4 heterocycles. The van der Waals surface area contributed by atoms with Gasteiger partial charge in [-0.05, 0) is 11.1 Å². The molecule has 206 valence electrons. The van der Waals surface area contributed by atoms with Gasteiger partial charge in [0.15, 0.2) is 0 Å². The second-order valence-corrected chi connectivity index (χ2v) is 9.76. The normalized spacial score (nSPS) is 17.4. The summed E-state index contributed by atoms with van der Waals surface area (Å²) >= 11 is 5.85. The summed E-state index contributed by atoms with van der Waals surface area (Å²) in [5.41, 5.74) is -1.08. The first-order chi connectivity index (χ1) is 18.7. The molecule has 2 aromatic heterocycles. The Bertz CT molecular complexity index is 1380. The average molecular weight is 563 g/mol. The highest BCUT2D eigenvalue weighted by molar-refractivity contribution is 6.30. The van der Waals surface area contributed by atoms with Crippen LogP contribution in [0.2, 0.25) is 5.02 Å². The molecule has 1 fully saturated rings. The molecule has 1 atom stereocenters. The molecule has 2 aliphatic rings. The number of anilines is 2. The predicted octanol–water partition coefficient (Wildman–Crippen LogP) is 2.62. The van der Waals surface area contributed by atoms with E-state index in [1.165, 1.54) is 12.4 Å². The first kappa shape index (κ1) is 26.9. The van der Waals surface area contributed by atoms with Crippen LogP contribution in [0.5, 0.6) is 0 Å². The molecule has 0 spiro atoms. The largest absolute Gasteiger partial charge is 0.423 e. The van der Waals surface area contributed by atoms with E-state index >= 15 is 0 Å². The summed E-state index contributed by atoms with van der Waals surface area (Å²) in [5.74, 6) is 0.555. The number of aromatic amines is 1. The summed E-state index contributed by atoms with van der Waals surface area (Å²) in [5, 5.41) is 9.21. The minimum Gasteiger partial charge on any atom is -0.357 e. The van der Waals surface area contributed by atoms with Crippen LogP contribution in [0.3, 0.4) is 0 Å². The number of hydrogen-bond donors (Lipinski definition) is 2. The summed E-state index contributed by atoms with van der Waals surface area (Å²) < 4.78 is 41.3. The van der Waals surface area contributed by atoms with Gasteiger partial charge in [0.2, 0.25) is 11.9 Å². The Balaban J connectivity index is 1.19.